The molecule has 1 aliphatic heterocycles. The zero-order valence-corrected chi connectivity index (χ0v) is 13.4. The zero-order valence-electron chi connectivity index (χ0n) is 12.6. The van der Waals surface area contributed by atoms with E-state index in [1.165, 1.54) is 6.07 Å². The van der Waals surface area contributed by atoms with Gasteiger partial charge in [-0.15, -0.1) is 0 Å². The summed E-state index contributed by atoms with van der Waals surface area (Å²) in [5.41, 5.74) is 1.36. The molecule has 0 spiro atoms. The van der Waals surface area contributed by atoms with Crippen LogP contribution in [0.5, 0.6) is 0 Å². The summed E-state index contributed by atoms with van der Waals surface area (Å²) in [6, 6.07) is 13.8. The van der Waals surface area contributed by atoms with Crippen molar-refractivity contribution in [1.29, 1.82) is 0 Å². The Morgan fingerprint density at radius 2 is 1.74 bits per heavy atom. The molecule has 1 fully saturated rings. The molecule has 0 radical (unpaired) electrons. The van der Waals surface area contributed by atoms with Crippen LogP contribution >= 0.6 is 11.6 Å². The lowest BCUT2D eigenvalue weighted by molar-refractivity contribution is -0.120. The molecule has 0 bridgehead atoms. The Morgan fingerprint density at radius 1 is 1.09 bits per heavy atom. The molecule has 3 rings (SSSR count). The lowest BCUT2D eigenvalue weighted by Gasteiger charge is -2.33. The van der Waals surface area contributed by atoms with Gasteiger partial charge >= 0.3 is 0 Å². The predicted molar refractivity (Wildman–Crippen MR) is 91.4 cm³/mol. The van der Waals surface area contributed by atoms with Gasteiger partial charge in [-0.05, 0) is 49.2 Å². The first-order chi connectivity index (χ1) is 11.1. The normalized spacial score (nSPS) is 15.5. The lowest BCUT2D eigenvalue weighted by Crippen LogP contribution is -2.38. The molecular formula is C18H18ClFN2O. The number of carbonyl (C=O) groups is 1. The van der Waals surface area contributed by atoms with Crippen molar-refractivity contribution in [2.45, 2.75) is 12.8 Å². The highest BCUT2D eigenvalue weighted by Crippen LogP contribution is 2.26. The minimum atomic E-state index is -0.212. The van der Waals surface area contributed by atoms with Gasteiger partial charge in [0.1, 0.15) is 5.82 Å². The van der Waals surface area contributed by atoms with Gasteiger partial charge in [0.15, 0.2) is 0 Å². The maximum absolute atomic E-state index is 13.8. The number of amides is 1. The molecule has 1 saturated heterocycles. The molecule has 0 atom stereocenters. The summed E-state index contributed by atoms with van der Waals surface area (Å²) < 4.78 is 13.8. The molecule has 1 heterocycles. The van der Waals surface area contributed by atoms with Crippen molar-refractivity contribution in [1.82, 2.24) is 0 Å². The molecule has 0 aliphatic carbocycles. The number of hydrogen-bond donors (Lipinski definition) is 1. The summed E-state index contributed by atoms with van der Waals surface area (Å²) >= 11 is 5.84. The maximum Gasteiger partial charge on any atom is 0.227 e. The number of carbonyl (C=O) groups excluding carboxylic acids is 1. The van der Waals surface area contributed by atoms with Crippen LogP contribution in [0.4, 0.5) is 15.8 Å². The summed E-state index contributed by atoms with van der Waals surface area (Å²) in [5, 5.41) is 3.55. The maximum atomic E-state index is 13.8. The summed E-state index contributed by atoms with van der Waals surface area (Å²) in [5.74, 6) is -0.245. The predicted octanol–water partition coefficient (Wildman–Crippen LogP) is 4.33. The average molecular weight is 333 g/mol. The smallest absolute Gasteiger partial charge is 0.227 e. The highest BCUT2D eigenvalue weighted by molar-refractivity contribution is 6.30. The van der Waals surface area contributed by atoms with E-state index >= 15 is 0 Å². The first-order valence-corrected chi connectivity index (χ1v) is 8.07. The molecule has 3 nitrogen and oxygen atoms in total. The van der Waals surface area contributed by atoms with Gasteiger partial charge in [-0.25, -0.2) is 4.39 Å². The monoisotopic (exact) mass is 332 g/mol. The van der Waals surface area contributed by atoms with Crippen molar-refractivity contribution >= 4 is 28.9 Å². The number of hydrogen-bond acceptors (Lipinski definition) is 2. The third-order valence-corrected chi connectivity index (χ3v) is 4.42. The number of para-hydroxylation sites is 1. The van der Waals surface area contributed by atoms with E-state index in [0.717, 1.165) is 5.69 Å². The van der Waals surface area contributed by atoms with Gasteiger partial charge in [-0.1, -0.05) is 23.7 Å². The summed E-state index contributed by atoms with van der Waals surface area (Å²) in [6.07, 6.45) is 1.43. The van der Waals surface area contributed by atoms with Crippen LogP contribution in [0.3, 0.4) is 0 Å². The molecule has 0 aromatic heterocycles. The van der Waals surface area contributed by atoms with Crippen LogP contribution in [0.15, 0.2) is 48.5 Å². The highest BCUT2D eigenvalue weighted by atomic mass is 35.5. The standard InChI is InChI=1S/C18H18ClFN2O/c19-14-5-7-15(8-6-14)21-18(23)13-9-11-22(12-10-13)17-4-2-1-3-16(17)20/h1-8,13H,9-12H2,(H,21,23). The number of benzene rings is 2. The van der Waals surface area contributed by atoms with E-state index in [2.05, 4.69) is 5.32 Å². The Hall–Kier alpha value is -2.07. The second kappa shape index (κ2) is 7.01. The summed E-state index contributed by atoms with van der Waals surface area (Å²) in [7, 11) is 0. The van der Waals surface area contributed by atoms with E-state index in [-0.39, 0.29) is 17.6 Å². The number of anilines is 2. The van der Waals surface area contributed by atoms with Crippen molar-refractivity contribution in [2.24, 2.45) is 5.92 Å². The quantitative estimate of drug-likeness (QED) is 0.907. The van der Waals surface area contributed by atoms with Gasteiger partial charge in [0.25, 0.3) is 0 Å². The van der Waals surface area contributed by atoms with E-state index in [9.17, 15) is 9.18 Å². The van der Waals surface area contributed by atoms with Crippen molar-refractivity contribution in [2.75, 3.05) is 23.3 Å². The molecule has 2 aromatic carbocycles. The molecule has 5 heteroatoms. The fourth-order valence-corrected chi connectivity index (χ4v) is 2.99. The Morgan fingerprint density at radius 3 is 2.39 bits per heavy atom. The van der Waals surface area contributed by atoms with E-state index in [1.807, 2.05) is 11.0 Å². The minimum absolute atomic E-state index is 0.0144. The van der Waals surface area contributed by atoms with Gasteiger partial charge in [0, 0.05) is 29.7 Å². The molecule has 1 amide bonds. The number of piperidine rings is 1. The first-order valence-electron chi connectivity index (χ1n) is 7.69. The molecule has 2 aromatic rings. The molecular weight excluding hydrogens is 315 g/mol. The summed E-state index contributed by atoms with van der Waals surface area (Å²) in [6.45, 7) is 1.36. The number of rotatable bonds is 3. The number of halogens is 2. The Bertz CT molecular complexity index is 682. The van der Waals surface area contributed by atoms with Gasteiger partial charge < -0.3 is 10.2 Å². The lowest BCUT2D eigenvalue weighted by atomic mass is 9.95. The minimum Gasteiger partial charge on any atom is -0.369 e. The van der Waals surface area contributed by atoms with E-state index < -0.39 is 0 Å². The molecule has 23 heavy (non-hydrogen) atoms. The first kappa shape index (κ1) is 15.8. The van der Waals surface area contributed by atoms with Gasteiger partial charge in [-0.3, -0.25) is 4.79 Å². The summed E-state index contributed by atoms with van der Waals surface area (Å²) in [4.78, 5) is 14.3. The van der Waals surface area contributed by atoms with Crippen LogP contribution in [-0.4, -0.2) is 19.0 Å². The van der Waals surface area contributed by atoms with Crippen molar-refractivity contribution in [3.8, 4) is 0 Å². The van der Waals surface area contributed by atoms with Crippen LogP contribution < -0.4 is 10.2 Å². The molecule has 1 N–H and O–H groups in total. The van der Waals surface area contributed by atoms with Crippen LogP contribution in [0.25, 0.3) is 0 Å². The van der Waals surface area contributed by atoms with Crippen LogP contribution in [-0.2, 0) is 4.79 Å². The zero-order chi connectivity index (χ0) is 16.2. The van der Waals surface area contributed by atoms with Crippen molar-refractivity contribution < 1.29 is 9.18 Å². The second-order valence-electron chi connectivity index (χ2n) is 5.71. The third kappa shape index (κ3) is 3.82. The largest absolute Gasteiger partial charge is 0.369 e. The second-order valence-corrected chi connectivity index (χ2v) is 6.15. The Balaban J connectivity index is 1.57. The molecule has 120 valence electrons. The molecule has 0 unspecified atom stereocenters. The van der Waals surface area contributed by atoms with Gasteiger partial charge in [-0.2, -0.15) is 0 Å². The van der Waals surface area contributed by atoms with Crippen molar-refractivity contribution in [3.63, 3.8) is 0 Å². The molecule has 1 aliphatic rings. The fourth-order valence-electron chi connectivity index (χ4n) is 2.87. The fraction of sp³-hybridized carbons (Fsp3) is 0.278. The number of nitrogens with one attached hydrogen (secondary N) is 1. The van der Waals surface area contributed by atoms with Crippen LogP contribution in [0, 0.1) is 11.7 Å². The SMILES string of the molecule is O=C(Nc1ccc(Cl)cc1)C1CCN(c2ccccc2F)CC1. The van der Waals surface area contributed by atoms with Crippen molar-refractivity contribution in [3.05, 3.63) is 59.4 Å². The van der Waals surface area contributed by atoms with E-state index in [1.54, 1.807) is 36.4 Å². The molecule has 0 saturated carbocycles. The highest BCUT2D eigenvalue weighted by Gasteiger charge is 2.26. The Labute approximate surface area is 140 Å². The average Bonchev–Trinajstić information content (AvgIpc) is 2.57. The Kier molecular flexibility index (Phi) is 4.82. The van der Waals surface area contributed by atoms with Gasteiger partial charge in [0.05, 0.1) is 5.69 Å². The van der Waals surface area contributed by atoms with Crippen LogP contribution in [0.1, 0.15) is 12.8 Å². The number of nitrogens with zero attached hydrogens (tertiary/aromatic N) is 1. The third-order valence-electron chi connectivity index (χ3n) is 4.17. The van der Waals surface area contributed by atoms with Crippen LogP contribution in [0.2, 0.25) is 5.02 Å². The van der Waals surface area contributed by atoms with Gasteiger partial charge in [0.2, 0.25) is 5.91 Å². The van der Waals surface area contributed by atoms with E-state index in [4.69, 9.17) is 11.6 Å². The topological polar surface area (TPSA) is 32.3 Å². The van der Waals surface area contributed by atoms with E-state index in [0.29, 0.717) is 36.6 Å².